The van der Waals surface area contributed by atoms with E-state index in [-0.39, 0.29) is 0 Å². The normalized spacial score (nSPS) is 28.5. The van der Waals surface area contributed by atoms with Gasteiger partial charge < -0.3 is 0 Å². The van der Waals surface area contributed by atoms with Crippen molar-refractivity contribution in [2.24, 2.45) is 5.92 Å². The van der Waals surface area contributed by atoms with Crippen molar-refractivity contribution < 1.29 is 0 Å². The molecule has 0 N–H and O–H groups in total. The highest BCUT2D eigenvalue weighted by molar-refractivity contribution is 6.59. The molecular weight excluding hydrogens is 304 g/mol. The van der Waals surface area contributed by atoms with Crippen molar-refractivity contribution in [2.45, 2.75) is 49.7 Å². The van der Waals surface area contributed by atoms with Gasteiger partial charge in [-0.1, -0.05) is 79.8 Å². The van der Waals surface area contributed by atoms with E-state index >= 15 is 0 Å². The molecule has 0 bridgehead atoms. The molecule has 0 spiro atoms. The summed E-state index contributed by atoms with van der Waals surface area (Å²) < 4.78 is 0. The number of rotatable bonds is 4. The molecule has 0 nitrogen and oxygen atoms in total. The van der Waals surface area contributed by atoms with E-state index in [1.54, 1.807) is 11.1 Å². The van der Waals surface area contributed by atoms with Crippen molar-refractivity contribution in [3.05, 3.63) is 77.4 Å². The lowest BCUT2D eigenvalue weighted by atomic mass is 9.85. The van der Waals surface area contributed by atoms with Crippen molar-refractivity contribution in [3.63, 3.8) is 0 Å². The quantitative estimate of drug-likeness (QED) is 0.596. The van der Waals surface area contributed by atoms with Crippen LogP contribution in [0.4, 0.5) is 0 Å². The Kier molecular flexibility index (Phi) is 4.22. The Labute approximate surface area is 148 Å². The van der Waals surface area contributed by atoms with Gasteiger partial charge in [0.1, 0.15) is 0 Å². The smallest absolute Gasteiger partial charge is 0.0376 e. The third kappa shape index (κ3) is 2.80. The average molecular weight is 333 g/mol. The first kappa shape index (κ1) is 15.9. The van der Waals surface area contributed by atoms with Gasteiger partial charge in [0.25, 0.3) is 0 Å². The maximum Gasteiger partial charge on any atom is 0.0376 e. The van der Waals surface area contributed by atoms with Gasteiger partial charge in [-0.15, -0.1) is 0 Å². The third-order valence-corrected chi connectivity index (χ3v) is 9.83. The summed E-state index contributed by atoms with van der Waals surface area (Å²) in [4.78, 5) is 0. The summed E-state index contributed by atoms with van der Waals surface area (Å²) in [6.07, 6.45) is 10.4. The summed E-state index contributed by atoms with van der Waals surface area (Å²) in [7, 11) is -0.720. The zero-order valence-electron chi connectivity index (χ0n) is 14.9. The molecule has 0 heterocycles. The van der Waals surface area contributed by atoms with Crippen LogP contribution in [0.15, 0.2) is 60.7 Å². The summed E-state index contributed by atoms with van der Waals surface area (Å²) in [6.45, 7) is 5.15. The molecule has 0 aromatic heterocycles. The molecule has 2 aromatic rings. The fourth-order valence-corrected chi connectivity index (χ4v) is 7.25. The van der Waals surface area contributed by atoms with E-state index in [0.29, 0.717) is 11.0 Å². The Morgan fingerprint density at radius 3 is 2.54 bits per heavy atom. The molecule has 24 heavy (non-hydrogen) atoms. The maximum atomic E-state index is 2.57. The lowest BCUT2D eigenvalue weighted by molar-refractivity contribution is 0.464. The van der Waals surface area contributed by atoms with Gasteiger partial charge in [0.15, 0.2) is 0 Å². The predicted molar refractivity (Wildman–Crippen MR) is 107 cm³/mol. The van der Waals surface area contributed by atoms with Gasteiger partial charge >= 0.3 is 0 Å². The fourth-order valence-electron chi connectivity index (χ4n) is 5.09. The molecule has 124 valence electrons. The van der Waals surface area contributed by atoms with Crippen LogP contribution in [0, 0.1) is 5.92 Å². The van der Waals surface area contributed by atoms with Gasteiger partial charge in [-0.2, -0.15) is 0 Å². The standard InChI is InChI=1S/C23H28Si/c1-24(2)23(16-18-8-4-3-5-9-18)15-14-20(17-23)22-13-12-19-10-6-7-11-21(19)22/h3-13,20,22,24H,14-17H2,1-2H3. The first-order valence-corrected chi connectivity index (χ1v) is 12.4. The highest BCUT2D eigenvalue weighted by Crippen LogP contribution is 2.57. The van der Waals surface area contributed by atoms with Crippen molar-refractivity contribution in [3.8, 4) is 0 Å². The average Bonchev–Trinajstić information content (AvgIpc) is 3.20. The molecule has 1 fully saturated rings. The SMILES string of the molecule is C[SiH](C)C1(Cc2ccccc2)CCC(C2C=Cc3ccccc32)C1. The molecule has 2 aliphatic rings. The first-order valence-electron chi connectivity index (χ1n) is 9.49. The second kappa shape index (κ2) is 6.37. The zero-order valence-corrected chi connectivity index (χ0v) is 16.1. The zero-order chi connectivity index (χ0) is 16.6. The minimum atomic E-state index is -0.720. The van der Waals surface area contributed by atoms with Crippen molar-refractivity contribution >= 4 is 14.9 Å². The van der Waals surface area contributed by atoms with Crippen molar-refractivity contribution in [1.82, 2.24) is 0 Å². The molecule has 0 amide bonds. The van der Waals surface area contributed by atoms with E-state index in [2.05, 4.69) is 79.8 Å². The van der Waals surface area contributed by atoms with Gasteiger partial charge in [0.05, 0.1) is 0 Å². The molecule has 3 atom stereocenters. The van der Waals surface area contributed by atoms with Crippen molar-refractivity contribution in [2.75, 3.05) is 0 Å². The molecule has 1 saturated carbocycles. The highest BCUT2D eigenvalue weighted by Gasteiger charge is 2.44. The molecule has 0 aliphatic heterocycles. The van der Waals surface area contributed by atoms with Crippen LogP contribution < -0.4 is 0 Å². The Balaban J connectivity index is 1.57. The van der Waals surface area contributed by atoms with E-state index in [9.17, 15) is 0 Å². The molecule has 2 aliphatic carbocycles. The number of benzene rings is 2. The summed E-state index contributed by atoms with van der Waals surface area (Å²) in [6, 6.07) is 20.2. The first-order chi connectivity index (χ1) is 11.7. The van der Waals surface area contributed by atoms with Crippen LogP contribution in [-0.4, -0.2) is 8.80 Å². The topological polar surface area (TPSA) is 0 Å². The lowest BCUT2D eigenvalue weighted by Crippen LogP contribution is -2.28. The van der Waals surface area contributed by atoms with Crippen LogP contribution in [-0.2, 0) is 6.42 Å². The van der Waals surface area contributed by atoms with Crippen LogP contribution in [0.1, 0.15) is 41.9 Å². The van der Waals surface area contributed by atoms with Crippen molar-refractivity contribution in [1.29, 1.82) is 0 Å². The molecule has 2 aromatic carbocycles. The van der Waals surface area contributed by atoms with Gasteiger partial charge in [-0.3, -0.25) is 0 Å². The number of hydrogen-bond donors (Lipinski definition) is 0. The largest absolute Gasteiger partial charge is 0.0761 e. The van der Waals surface area contributed by atoms with Crippen LogP contribution >= 0.6 is 0 Å². The van der Waals surface area contributed by atoms with Crippen LogP contribution in [0.5, 0.6) is 0 Å². The molecule has 3 unspecified atom stereocenters. The second-order valence-electron chi connectivity index (χ2n) is 8.20. The molecule has 4 rings (SSSR count). The number of allylic oxidation sites excluding steroid dienone is 1. The van der Waals surface area contributed by atoms with E-state index in [0.717, 1.165) is 5.92 Å². The molecular formula is C23H28Si. The monoisotopic (exact) mass is 332 g/mol. The molecule has 1 heteroatoms. The number of fused-ring (bicyclic) bond motifs is 1. The molecule has 0 radical (unpaired) electrons. The summed E-state index contributed by atoms with van der Waals surface area (Å²) in [5.41, 5.74) is 4.56. The predicted octanol–water partition coefficient (Wildman–Crippen LogP) is 6.07. The summed E-state index contributed by atoms with van der Waals surface area (Å²) >= 11 is 0. The molecule has 0 saturated heterocycles. The van der Waals surface area contributed by atoms with Crippen LogP contribution in [0.3, 0.4) is 0 Å². The Morgan fingerprint density at radius 2 is 1.75 bits per heavy atom. The summed E-state index contributed by atoms with van der Waals surface area (Å²) in [5, 5.41) is 0.609. The summed E-state index contributed by atoms with van der Waals surface area (Å²) in [5.74, 6) is 1.50. The fraction of sp³-hybridized carbons (Fsp3) is 0.391. The lowest BCUT2D eigenvalue weighted by Gasteiger charge is -2.34. The van der Waals surface area contributed by atoms with E-state index < -0.39 is 8.80 Å². The van der Waals surface area contributed by atoms with Gasteiger partial charge in [-0.25, -0.2) is 0 Å². The van der Waals surface area contributed by atoms with E-state index in [1.165, 1.54) is 31.2 Å². The minimum absolute atomic E-state index is 0.609. The number of hydrogen-bond acceptors (Lipinski definition) is 0. The van der Waals surface area contributed by atoms with Crippen LogP contribution in [0.2, 0.25) is 18.1 Å². The van der Waals surface area contributed by atoms with Crippen LogP contribution in [0.25, 0.3) is 6.08 Å². The van der Waals surface area contributed by atoms with E-state index in [4.69, 9.17) is 0 Å². The maximum absolute atomic E-state index is 2.57. The van der Waals surface area contributed by atoms with Gasteiger partial charge in [0, 0.05) is 14.7 Å². The second-order valence-corrected chi connectivity index (χ2v) is 11.7. The Bertz CT molecular complexity index is 731. The van der Waals surface area contributed by atoms with Gasteiger partial charge in [-0.05, 0) is 53.3 Å². The minimum Gasteiger partial charge on any atom is -0.0761 e. The highest BCUT2D eigenvalue weighted by atomic mass is 28.3. The Morgan fingerprint density at radius 1 is 1.00 bits per heavy atom. The van der Waals surface area contributed by atoms with E-state index in [1.807, 2.05) is 0 Å². The van der Waals surface area contributed by atoms with Gasteiger partial charge in [0.2, 0.25) is 0 Å². The Hall–Kier alpha value is -1.60. The third-order valence-electron chi connectivity index (χ3n) is 6.65.